The highest BCUT2D eigenvalue weighted by atomic mass is 16.4. The molecule has 1 aromatic heterocycles. The number of rotatable bonds is 4. The number of benzene rings is 2. The third-order valence-corrected chi connectivity index (χ3v) is 5.15. The monoisotopic (exact) mass is 365 g/mol. The van der Waals surface area contributed by atoms with Gasteiger partial charge in [-0.15, -0.1) is 0 Å². The van der Waals surface area contributed by atoms with E-state index >= 15 is 0 Å². The first-order valence-electron chi connectivity index (χ1n) is 8.84. The van der Waals surface area contributed by atoms with Crippen LogP contribution >= 0.6 is 0 Å². The number of amides is 1. The Hall–Kier alpha value is -3.35. The van der Waals surface area contributed by atoms with Crippen LogP contribution in [0.3, 0.4) is 0 Å². The highest BCUT2D eigenvalue weighted by molar-refractivity contribution is 5.97. The van der Waals surface area contributed by atoms with Crippen LogP contribution in [0.5, 0.6) is 5.75 Å². The van der Waals surface area contributed by atoms with E-state index in [-0.39, 0.29) is 17.4 Å². The van der Waals surface area contributed by atoms with Gasteiger partial charge in [-0.2, -0.15) is 0 Å². The number of carboxylic acid groups (broad SMARTS) is 1. The number of imidazole rings is 1. The quantitative estimate of drug-likeness (QED) is 0.655. The van der Waals surface area contributed by atoms with E-state index in [4.69, 9.17) is 5.73 Å². The number of aromatic hydroxyl groups is 1. The van der Waals surface area contributed by atoms with Gasteiger partial charge in [0.2, 0.25) is 5.91 Å². The van der Waals surface area contributed by atoms with E-state index in [1.165, 1.54) is 12.1 Å². The first-order valence-corrected chi connectivity index (χ1v) is 8.84. The Morgan fingerprint density at radius 3 is 2.52 bits per heavy atom. The number of aromatic carboxylic acids is 1. The van der Waals surface area contributed by atoms with Crippen LogP contribution in [0.25, 0.3) is 22.4 Å². The Balaban J connectivity index is 1.96. The molecule has 1 aliphatic carbocycles. The average Bonchev–Trinajstić information content (AvgIpc) is 3.28. The molecule has 0 spiro atoms. The largest absolute Gasteiger partial charge is 0.507 e. The molecule has 7 heteroatoms. The lowest BCUT2D eigenvalue weighted by Gasteiger charge is -2.17. The first kappa shape index (κ1) is 17.1. The summed E-state index contributed by atoms with van der Waals surface area (Å²) in [4.78, 5) is 27.6. The molecule has 2 aromatic carbocycles. The number of primary amides is 1. The molecule has 1 heterocycles. The zero-order valence-corrected chi connectivity index (χ0v) is 14.6. The van der Waals surface area contributed by atoms with Crippen molar-refractivity contribution in [2.45, 2.75) is 31.7 Å². The lowest BCUT2D eigenvalue weighted by atomic mass is 10.1. The zero-order chi connectivity index (χ0) is 19.1. The summed E-state index contributed by atoms with van der Waals surface area (Å²) in [5, 5.41) is 19.1. The molecule has 4 rings (SSSR count). The standard InChI is InChI=1S/C20H19N3O4/c21-18(25)11-5-7-16-15(10-11)22-19(23(16)13-3-1-2-4-13)12-6-8-17(24)14(9-12)20(26)27/h5-10,13,24H,1-4H2,(H2,21,25)(H,26,27). The van der Waals surface area contributed by atoms with Gasteiger partial charge in [0.1, 0.15) is 17.1 Å². The van der Waals surface area contributed by atoms with Crippen molar-refractivity contribution >= 4 is 22.9 Å². The fourth-order valence-corrected chi connectivity index (χ4v) is 3.83. The molecule has 138 valence electrons. The molecule has 0 saturated heterocycles. The van der Waals surface area contributed by atoms with Gasteiger partial charge in [-0.3, -0.25) is 4.79 Å². The van der Waals surface area contributed by atoms with Gasteiger partial charge in [-0.25, -0.2) is 9.78 Å². The summed E-state index contributed by atoms with van der Waals surface area (Å²) in [7, 11) is 0. The van der Waals surface area contributed by atoms with E-state index in [0.29, 0.717) is 22.5 Å². The fourth-order valence-electron chi connectivity index (χ4n) is 3.83. The second-order valence-electron chi connectivity index (χ2n) is 6.85. The van der Waals surface area contributed by atoms with Crippen LogP contribution in [0, 0.1) is 0 Å². The number of carbonyl (C=O) groups is 2. The number of hydrogen-bond donors (Lipinski definition) is 3. The maximum Gasteiger partial charge on any atom is 0.339 e. The van der Waals surface area contributed by atoms with Crippen molar-refractivity contribution in [3.8, 4) is 17.1 Å². The molecule has 4 N–H and O–H groups in total. The molecular weight excluding hydrogens is 346 g/mol. The summed E-state index contributed by atoms with van der Waals surface area (Å²) in [5.41, 5.74) is 7.72. The number of nitrogens with two attached hydrogens (primary N) is 1. The van der Waals surface area contributed by atoms with Crippen LogP contribution in [-0.4, -0.2) is 31.6 Å². The molecule has 1 fully saturated rings. The van der Waals surface area contributed by atoms with Crippen molar-refractivity contribution in [3.63, 3.8) is 0 Å². The topological polar surface area (TPSA) is 118 Å². The zero-order valence-electron chi connectivity index (χ0n) is 14.6. The van der Waals surface area contributed by atoms with Gasteiger partial charge in [0.25, 0.3) is 0 Å². The minimum absolute atomic E-state index is 0.171. The lowest BCUT2D eigenvalue weighted by Crippen LogP contribution is -2.10. The molecule has 0 aliphatic heterocycles. The smallest absolute Gasteiger partial charge is 0.339 e. The highest BCUT2D eigenvalue weighted by Crippen LogP contribution is 2.37. The van der Waals surface area contributed by atoms with Crippen LogP contribution < -0.4 is 5.73 Å². The van der Waals surface area contributed by atoms with Gasteiger partial charge >= 0.3 is 5.97 Å². The molecule has 27 heavy (non-hydrogen) atoms. The van der Waals surface area contributed by atoms with Crippen LogP contribution in [0.15, 0.2) is 36.4 Å². The molecule has 1 saturated carbocycles. The van der Waals surface area contributed by atoms with Gasteiger partial charge in [0, 0.05) is 17.2 Å². The van der Waals surface area contributed by atoms with Gasteiger partial charge in [0.15, 0.2) is 0 Å². The molecule has 7 nitrogen and oxygen atoms in total. The normalized spacial score (nSPS) is 14.7. The van der Waals surface area contributed by atoms with Gasteiger partial charge in [-0.05, 0) is 49.2 Å². The van der Waals surface area contributed by atoms with Crippen molar-refractivity contribution in [1.82, 2.24) is 9.55 Å². The summed E-state index contributed by atoms with van der Waals surface area (Å²) in [6, 6.07) is 9.88. The maximum absolute atomic E-state index is 11.5. The minimum Gasteiger partial charge on any atom is -0.507 e. The summed E-state index contributed by atoms with van der Waals surface area (Å²) >= 11 is 0. The summed E-state index contributed by atoms with van der Waals surface area (Å²) in [5.74, 6) is -1.38. The molecule has 1 aliphatic rings. The average molecular weight is 365 g/mol. The molecule has 3 aromatic rings. The number of phenols is 1. The van der Waals surface area contributed by atoms with E-state index in [2.05, 4.69) is 9.55 Å². The van der Waals surface area contributed by atoms with E-state index in [9.17, 15) is 19.8 Å². The second-order valence-corrected chi connectivity index (χ2v) is 6.85. The number of nitrogens with zero attached hydrogens (tertiary/aromatic N) is 2. The predicted octanol–water partition coefficient (Wildman–Crippen LogP) is 3.32. The Kier molecular flexibility index (Phi) is 4.07. The fraction of sp³-hybridized carbons (Fsp3) is 0.250. The molecule has 1 amide bonds. The third-order valence-electron chi connectivity index (χ3n) is 5.15. The second kappa shape index (κ2) is 6.42. The van der Waals surface area contributed by atoms with Gasteiger partial charge < -0.3 is 20.5 Å². The minimum atomic E-state index is -1.20. The van der Waals surface area contributed by atoms with Crippen molar-refractivity contribution < 1.29 is 19.8 Å². The third kappa shape index (κ3) is 2.91. The Bertz CT molecular complexity index is 1060. The first-order chi connectivity index (χ1) is 13.0. The molecular formula is C20H19N3O4. The SMILES string of the molecule is NC(=O)c1ccc2c(c1)nc(-c1ccc(O)c(C(=O)O)c1)n2C1CCCC1. The van der Waals surface area contributed by atoms with Crippen molar-refractivity contribution in [3.05, 3.63) is 47.5 Å². The number of fused-ring (bicyclic) bond motifs is 1. The summed E-state index contributed by atoms with van der Waals surface area (Å²) < 4.78 is 2.12. The van der Waals surface area contributed by atoms with Crippen LogP contribution in [0.1, 0.15) is 52.4 Å². The Morgan fingerprint density at radius 1 is 1.11 bits per heavy atom. The predicted molar refractivity (Wildman–Crippen MR) is 99.8 cm³/mol. The van der Waals surface area contributed by atoms with Gasteiger partial charge in [-0.1, -0.05) is 12.8 Å². The van der Waals surface area contributed by atoms with E-state index in [0.717, 1.165) is 31.2 Å². The van der Waals surface area contributed by atoms with Crippen LogP contribution in [0.2, 0.25) is 0 Å². The highest BCUT2D eigenvalue weighted by Gasteiger charge is 2.24. The Labute approximate surface area is 155 Å². The van der Waals surface area contributed by atoms with Crippen LogP contribution in [-0.2, 0) is 0 Å². The van der Waals surface area contributed by atoms with E-state index < -0.39 is 11.9 Å². The number of carboxylic acids is 1. The van der Waals surface area contributed by atoms with Crippen LogP contribution in [0.4, 0.5) is 0 Å². The molecule has 0 radical (unpaired) electrons. The number of aromatic nitrogens is 2. The lowest BCUT2D eigenvalue weighted by molar-refractivity contribution is 0.0693. The van der Waals surface area contributed by atoms with Gasteiger partial charge in [0.05, 0.1) is 11.0 Å². The van der Waals surface area contributed by atoms with Crippen molar-refractivity contribution in [2.75, 3.05) is 0 Å². The summed E-state index contributed by atoms with van der Waals surface area (Å²) in [6.07, 6.45) is 4.28. The number of carbonyl (C=O) groups excluding carboxylic acids is 1. The van der Waals surface area contributed by atoms with E-state index in [1.807, 2.05) is 6.07 Å². The molecule has 0 atom stereocenters. The summed E-state index contributed by atoms with van der Waals surface area (Å²) in [6.45, 7) is 0. The molecule has 0 unspecified atom stereocenters. The van der Waals surface area contributed by atoms with Crippen molar-refractivity contribution in [2.24, 2.45) is 5.73 Å². The maximum atomic E-state index is 11.5. The molecule has 0 bridgehead atoms. The van der Waals surface area contributed by atoms with Crippen molar-refractivity contribution in [1.29, 1.82) is 0 Å². The Morgan fingerprint density at radius 2 is 1.85 bits per heavy atom. The number of hydrogen-bond acceptors (Lipinski definition) is 4. The van der Waals surface area contributed by atoms with E-state index in [1.54, 1.807) is 18.2 Å².